The van der Waals surface area contributed by atoms with Crippen molar-refractivity contribution in [1.29, 1.82) is 0 Å². The molecule has 1 aromatic heterocycles. The lowest BCUT2D eigenvalue weighted by Gasteiger charge is -2.02. The lowest BCUT2D eigenvalue weighted by molar-refractivity contribution is -0.108. The SMILES string of the molecule is Cc1ccc2ccn(CCC=O)c2c1. The molecule has 0 bridgehead atoms. The van der Waals surface area contributed by atoms with Gasteiger partial charge in [0.2, 0.25) is 0 Å². The number of fused-ring (bicyclic) bond motifs is 1. The van der Waals surface area contributed by atoms with Crippen LogP contribution in [0.1, 0.15) is 12.0 Å². The number of hydrogen-bond donors (Lipinski definition) is 0. The fraction of sp³-hybridized carbons (Fsp3) is 0.250. The zero-order valence-electron chi connectivity index (χ0n) is 8.23. The summed E-state index contributed by atoms with van der Waals surface area (Å²) in [5.74, 6) is 0. The Bertz CT molecular complexity index is 456. The van der Waals surface area contributed by atoms with Gasteiger partial charge < -0.3 is 9.36 Å². The minimum Gasteiger partial charge on any atom is -0.347 e. The van der Waals surface area contributed by atoms with Gasteiger partial charge in [-0.25, -0.2) is 0 Å². The molecule has 0 atom stereocenters. The highest BCUT2D eigenvalue weighted by Crippen LogP contribution is 2.17. The Morgan fingerprint density at radius 3 is 3.00 bits per heavy atom. The Balaban J connectivity index is 2.44. The summed E-state index contributed by atoms with van der Waals surface area (Å²) in [5, 5.41) is 1.24. The monoisotopic (exact) mass is 187 g/mol. The highest BCUT2D eigenvalue weighted by molar-refractivity contribution is 5.80. The molecule has 1 heterocycles. The van der Waals surface area contributed by atoms with Crippen LogP contribution in [0.15, 0.2) is 30.5 Å². The Hall–Kier alpha value is -1.57. The second kappa shape index (κ2) is 3.66. The van der Waals surface area contributed by atoms with Gasteiger partial charge in [-0.05, 0) is 30.0 Å². The van der Waals surface area contributed by atoms with E-state index in [1.54, 1.807) is 0 Å². The largest absolute Gasteiger partial charge is 0.347 e. The first kappa shape index (κ1) is 9.00. The third-order valence-electron chi connectivity index (χ3n) is 2.42. The molecule has 14 heavy (non-hydrogen) atoms. The minimum atomic E-state index is 0.581. The van der Waals surface area contributed by atoms with E-state index >= 15 is 0 Å². The molecule has 2 nitrogen and oxygen atoms in total. The minimum absolute atomic E-state index is 0.581. The molecular weight excluding hydrogens is 174 g/mol. The third kappa shape index (κ3) is 1.55. The molecule has 0 saturated carbocycles. The van der Waals surface area contributed by atoms with Gasteiger partial charge in [0.1, 0.15) is 6.29 Å². The third-order valence-corrected chi connectivity index (χ3v) is 2.42. The summed E-state index contributed by atoms with van der Waals surface area (Å²) < 4.78 is 2.12. The standard InChI is InChI=1S/C12H13NO/c1-10-3-4-11-5-7-13(6-2-8-14)12(11)9-10/h3-5,7-9H,2,6H2,1H3. The van der Waals surface area contributed by atoms with Crippen LogP contribution in [0.5, 0.6) is 0 Å². The number of aryl methyl sites for hydroxylation is 2. The predicted molar refractivity (Wildman–Crippen MR) is 57.4 cm³/mol. The molecule has 0 saturated heterocycles. The summed E-state index contributed by atoms with van der Waals surface area (Å²) in [7, 11) is 0. The van der Waals surface area contributed by atoms with Crippen molar-refractivity contribution in [1.82, 2.24) is 4.57 Å². The fourth-order valence-electron chi connectivity index (χ4n) is 1.68. The lowest BCUT2D eigenvalue weighted by atomic mass is 10.2. The molecule has 0 aliphatic heterocycles. The number of carbonyl (C=O) groups is 1. The molecule has 1 aromatic carbocycles. The van der Waals surface area contributed by atoms with Crippen LogP contribution in [-0.4, -0.2) is 10.9 Å². The lowest BCUT2D eigenvalue weighted by Crippen LogP contribution is -1.96. The highest BCUT2D eigenvalue weighted by atomic mass is 16.1. The van der Waals surface area contributed by atoms with Crippen molar-refractivity contribution in [2.45, 2.75) is 19.9 Å². The molecule has 0 aliphatic carbocycles. The molecule has 2 aromatic rings. The number of hydrogen-bond acceptors (Lipinski definition) is 1. The van der Waals surface area contributed by atoms with Crippen LogP contribution < -0.4 is 0 Å². The number of rotatable bonds is 3. The molecule has 0 unspecified atom stereocenters. The van der Waals surface area contributed by atoms with Crippen molar-refractivity contribution in [3.05, 3.63) is 36.0 Å². The molecule has 2 rings (SSSR count). The first-order valence-corrected chi connectivity index (χ1v) is 4.80. The van der Waals surface area contributed by atoms with Crippen molar-refractivity contribution in [2.24, 2.45) is 0 Å². The zero-order valence-corrected chi connectivity index (χ0v) is 8.23. The Morgan fingerprint density at radius 2 is 2.21 bits per heavy atom. The summed E-state index contributed by atoms with van der Waals surface area (Å²) >= 11 is 0. The number of benzene rings is 1. The fourth-order valence-corrected chi connectivity index (χ4v) is 1.68. The van der Waals surface area contributed by atoms with E-state index in [2.05, 4.69) is 35.8 Å². The Labute approximate surface area is 83.2 Å². The summed E-state index contributed by atoms with van der Waals surface area (Å²) in [6.07, 6.45) is 3.58. The van der Waals surface area contributed by atoms with Crippen LogP contribution in [0.3, 0.4) is 0 Å². The maximum atomic E-state index is 10.3. The van der Waals surface area contributed by atoms with E-state index in [9.17, 15) is 4.79 Å². The van der Waals surface area contributed by atoms with E-state index in [-0.39, 0.29) is 0 Å². The number of carbonyl (C=O) groups excluding carboxylic acids is 1. The Morgan fingerprint density at radius 1 is 1.36 bits per heavy atom. The Kier molecular flexibility index (Phi) is 2.35. The van der Waals surface area contributed by atoms with Crippen LogP contribution in [0, 0.1) is 6.92 Å². The first-order chi connectivity index (χ1) is 6.81. The summed E-state index contributed by atoms with van der Waals surface area (Å²) in [6.45, 7) is 2.85. The van der Waals surface area contributed by atoms with Crippen LogP contribution in [0.25, 0.3) is 10.9 Å². The van der Waals surface area contributed by atoms with Gasteiger partial charge in [-0.3, -0.25) is 0 Å². The van der Waals surface area contributed by atoms with E-state index < -0.39 is 0 Å². The second-order valence-electron chi connectivity index (χ2n) is 3.53. The van der Waals surface area contributed by atoms with Crippen LogP contribution in [-0.2, 0) is 11.3 Å². The topological polar surface area (TPSA) is 22.0 Å². The van der Waals surface area contributed by atoms with Gasteiger partial charge in [0.05, 0.1) is 0 Å². The highest BCUT2D eigenvalue weighted by Gasteiger charge is 1.99. The van der Waals surface area contributed by atoms with Crippen molar-refractivity contribution >= 4 is 17.2 Å². The quantitative estimate of drug-likeness (QED) is 0.677. The summed E-state index contributed by atoms with van der Waals surface area (Å²) in [5.41, 5.74) is 2.47. The molecule has 0 radical (unpaired) electrons. The summed E-state index contributed by atoms with van der Waals surface area (Å²) in [4.78, 5) is 10.3. The van der Waals surface area contributed by atoms with Crippen molar-refractivity contribution in [3.63, 3.8) is 0 Å². The van der Waals surface area contributed by atoms with Gasteiger partial charge in [0.25, 0.3) is 0 Å². The van der Waals surface area contributed by atoms with Gasteiger partial charge in [-0.2, -0.15) is 0 Å². The van der Waals surface area contributed by atoms with E-state index in [4.69, 9.17) is 0 Å². The van der Waals surface area contributed by atoms with Crippen LogP contribution in [0.2, 0.25) is 0 Å². The predicted octanol–water partition coefficient (Wildman–Crippen LogP) is 2.54. The van der Waals surface area contributed by atoms with E-state index in [0.29, 0.717) is 6.42 Å². The van der Waals surface area contributed by atoms with Crippen LogP contribution in [0.4, 0.5) is 0 Å². The van der Waals surface area contributed by atoms with Gasteiger partial charge in [0, 0.05) is 24.7 Å². The smallest absolute Gasteiger partial charge is 0.121 e. The molecule has 0 spiro atoms. The van der Waals surface area contributed by atoms with Gasteiger partial charge >= 0.3 is 0 Å². The van der Waals surface area contributed by atoms with Gasteiger partial charge in [0.15, 0.2) is 0 Å². The van der Waals surface area contributed by atoms with Crippen molar-refractivity contribution in [3.8, 4) is 0 Å². The average Bonchev–Trinajstić information content (AvgIpc) is 2.57. The second-order valence-corrected chi connectivity index (χ2v) is 3.53. The first-order valence-electron chi connectivity index (χ1n) is 4.80. The molecule has 2 heteroatoms. The van der Waals surface area contributed by atoms with Crippen molar-refractivity contribution in [2.75, 3.05) is 0 Å². The molecule has 0 fully saturated rings. The van der Waals surface area contributed by atoms with Gasteiger partial charge in [-0.1, -0.05) is 12.1 Å². The van der Waals surface area contributed by atoms with E-state index in [1.165, 1.54) is 16.5 Å². The molecule has 0 amide bonds. The number of aromatic nitrogens is 1. The maximum Gasteiger partial charge on any atom is 0.121 e. The van der Waals surface area contributed by atoms with Crippen molar-refractivity contribution < 1.29 is 4.79 Å². The average molecular weight is 187 g/mol. The van der Waals surface area contributed by atoms with Gasteiger partial charge in [-0.15, -0.1) is 0 Å². The normalized spacial score (nSPS) is 10.6. The maximum absolute atomic E-state index is 10.3. The van der Waals surface area contributed by atoms with Crippen LogP contribution >= 0.6 is 0 Å². The number of nitrogens with zero attached hydrogens (tertiary/aromatic N) is 1. The number of aldehydes is 1. The van der Waals surface area contributed by atoms with E-state index in [1.807, 2.05) is 6.20 Å². The zero-order chi connectivity index (χ0) is 9.97. The summed E-state index contributed by atoms with van der Waals surface area (Å²) in [6, 6.07) is 8.45. The molecular formula is C12H13NO. The molecule has 72 valence electrons. The molecule has 0 aliphatic rings. The van der Waals surface area contributed by atoms with E-state index in [0.717, 1.165) is 12.8 Å². The molecule has 0 N–H and O–H groups in total.